The molecule has 0 bridgehead atoms. The van der Waals surface area contributed by atoms with E-state index in [0.717, 1.165) is 12.0 Å². The van der Waals surface area contributed by atoms with Crippen LogP contribution in [-0.4, -0.2) is 37.3 Å². The van der Waals surface area contributed by atoms with Crippen molar-refractivity contribution in [2.75, 3.05) is 12.3 Å². The topological polar surface area (TPSA) is 99.1 Å². The van der Waals surface area contributed by atoms with Gasteiger partial charge in [0.2, 0.25) is 0 Å². The fourth-order valence-electron chi connectivity index (χ4n) is 3.18. The number of ether oxygens (including phenoxy) is 1. The maximum Gasteiger partial charge on any atom is 0.167 e. The molecule has 7 heteroatoms. The Morgan fingerprint density at radius 1 is 1.24 bits per heavy atom. The zero-order valence-corrected chi connectivity index (χ0v) is 13.6. The number of rotatable bonds is 4. The van der Waals surface area contributed by atoms with Crippen LogP contribution in [0, 0.1) is 5.92 Å². The Bertz CT molecular complexity index is 893. The van der Waals surface area contributed by atoms with E-state index in [0.29, 0.717) is 17.0 Å². The van der Waals surface area contributed by atoms with Gasteiger partial charge in [-0.2, -0.15) is 0 Å². The molecule has 0 radical (unpaired) electrons. The van der Waals surface area contributed by atoms with E-state index in [2.05, 4.69) is 27.1 Å². The largest absolute Gasteiger partial charge is 0.394 e. The number of nitrogens with two attached hydrogens (primary N) is 1. The fourth-order valence-corrected chi connectivity index (χ4v) is 3.18. The highest BCUT2D eigenvalue weighted by molar-refractivity contribution is 5.81. The first-order valence-corrected chi connectivity index (χ1v) is 8.19. The van der Waals surface area contributed by atoms with Crippen molar-refractivity contribution in [1.82, 2.24) is 19.5 Å². The molecule has 128 valence electrons. The number of hydrogen-bond acceptors (Lipinski definition) is 6. The van der Waals surface area contributed by atoms with E-state index < -0.39 is 0 Å². The normalized spacial score (nSPS) is 23.6. The van der Waals surface area contributed by atoms with Crippen molar-refractivity contribution >= 4 is 23.1 Å². The zero-order valence-electron chi connectivity index (χ0n) is 13.6. The van der Waals surface area contributed by atoms with Crippen LogP contribution in [0.5, 0.6) is 0 Å². The summed E-state index contributed by atoms with van der Waals surface area (Å²) < 4.78 is 7.88. The van der Waals surface area contributed by atoms with Gasteiger partial charge in [-0.3, -0.25) is 4.57 Å². The molecule has 1 fully saturated rings. The van der Waals surface area contributed by atoms with Crippen LogP contribution < -0.4 is 5.73 Å². The van der Waals surface area contributed by atoms with Gasteiger partial charge in [-0.15, -0.1) is 0 Å². The van der Waals surface area contributed by atoms with Crippen molar-refractivity contribution in [3.05, 3.63) is 54.6 Å². The van der Waals surface area contributed by atoms with E-state index in [1.54, 1.807) is 6.33 Å². The van der Waals surface area contributed by atoms with Gasteiger partial charge in [0.1, 0.15) is 18.1 Å². The minimum absolute atomic E-state index is 0.0376. The third kappa shape index (κ3) is 2.99. The molecule has 0 spiro atoms. The lowest BCUT2D eigenvalue weighted by atomic mass is 9.99. The average Bonchev–Trinajstić information content (AvgIpc) is 3.25. The molecule has 0 saturated carbocycles. The van der Waals surface area contributed by atoms with E-state index in [9.17, 15) is 5.11 Å². The first-order valence-electron chi connectivity index (χ1n) is 8.19. The van der Waals surface area contributed by atoms with E-state index >= 15 is 0 Å². The Morgan fingerprint density at radius 3 is 2.88 bits per heavy atom. The molecular formula is C18H19N5O2. The Kier molecular flexibility index (Phi) is 4.17. The molecule has 0 aliphatic carbocycles. The van der Waals surface area contributed by atoms with Gasteiger partial charge in [0.25, 0.3) is 0 Å². The monoisotopic (exact) mass is 337 g/mol. The highest BCUT2D eigenvalue weighted by atomic mass is 16.5. The van der Waals surface area contributed by atoms with E-state index in [1.165, 1.54) is 6.33 Å². The third-order valence-electron chi connectivity index (χ3n) is 4.50. The highest BCUT2D eigenvalue weighted by Gasteiger charge is 2.35. The second-order valence-electron chi connectivity index (χ2n) is 6.06. The average molecular weight is 337 g/mol. The molecule has 1 aliphatic rings. The molecule has 0 amide bonds. The van der Waals surface area contributed by atoms with Crippen LogP contribution >= 0.6 is 0 Å². The van der Waals surface area contributed by atoms with Crippen molar-refractivity contribution in [3.8, 4) is 0 Å². The lowest BCUT2D eigenvalue weighted by Gasteiger charge is -2.14. The summed E-state index contributed by atoms with van der Waals surface area (Å²) in [5.41, 5.74) is 8.17. The molecule has 25 heavy (non-hydrogen) atoms. The summed E-state index contributed by atoms with van der Waals surface area (Å²) in [5, 5.41) is 9.68. The van der Waals surface area contributed by atoms with Gasteiger partial charge in [-0.05, 0) is 5.56 Å². The third-order valence-corrected chi connectivity index (χ3v) is 4.50. The number of imidazole rings is 1. The lowest BCUT2D eigenvalue weighted by molar-refractivity contribution is -0.0257. The molecule has 7 nitrogen and oxygen atoms in total. The molecule has 1 unspecified atom stereocenters. The molecule has 4 rings (SSSR count). The maximum absolute atomic E-state index is 9.68. The second kappa shape index (κ2) is 6.62. The quantitative estimate of drug-likeness (QED) is 0.755. The lowest BCUT2D eigenvalue weighted by Crippen LogP contribution is -2.19. The predicted octanol–water partition coefficient (Wildman–Crippen LogP) is 2.02. The number of benzene rings is 1. The summed E-state index contributed by atoms with van der Waals surface area (Å²) in [4.78, 5) is 12.5. The predicted molar refractivity (Wildman–Crippen MR) is 94.3 cm³/mol. The molecule has 1 saturated heterocycles. The number of nitrogens with zero attached hydrogens (tertiary/aromatic N) is 4. The molecule has 3 atom stereocenters. The van der Waals surface area contributed by atoms with Crippen LogP contribution in [0.1, 0.15) is 18.2 Å². The summed E-state index contributed by atoms with van der Waals surface area (Å²) >= 11 is 0. The maximum atomic E-state index is 9.68. The first kappa shape index (κ1) is 15.7. The molecule has 2 aromatic heterocycles. The zero-order chi connectivity index (χ0) is 17.2. The van der Waals surface area contributed by atoms with Crippen molar-refractivity contribution in [3.63, 3.8) is 0 Å². The number of fused-ring (bicyclic) bond motifs is 1. The van der Waals surface area contributed by atoms with Gasteiger partial charge in [0.15, 0.2) is 11.5 Å². The van der Waals surface area contributed by atoms with Crippen molar-refractivity contribution in [1.29, 1.82) is 0 Å². The van der Waals surface area contributed by atoms with Gasteiger partial charge >= 0.3 is 0 Å². The summed E-state index contributed by atoms with van der Waals surface area (Å²) in [6, 6.07) is 10.1. The SMILES string of the molecule is Nc1ncnc2c1ncn2[C@H]1CC(C=Cc2ccccc2)[C@@H](CO)O1. The van der Waals surface area contributed by atoms with Gasteiger partial charge in [-0.25, -0.2) is 15.0 Å². The molecule has 3 aromatic rings. The van der Waals surface area contributed by atoms with Crippen LogP contribution in [0.3, 0.4) is 0 Å². The number of hydrogen-bond donors (Lipinski definition) is 2. The van der Waals surface area contributed by atoms with Crippen LogP contribution in [0.2, 0.25) is 0 Å². The molecule has 3 heterocycles. The summed E-state index contributed by atoms with van der Waals surface area (Å²) in [5.74, 6) is 0.452. The number of aromatic nitrogens is 4. The number of nitrogen functional groups attached to an aromatic ring is 1. The number of aliphatic hydroxyl groups excluding tert-OH is 1. The van der Waals surface area contributed by atoms with Crippen molar-refractivity contribution < 1.29 is 9.84 Å². The Labute approximate surface area is 144 Å². The standard InChI is InChI=1S/C18H19N5O2/c19-17-16-18(21-10-20-17)23(11-22-16)15-8-13(14(9-24)25-15)7-6-12-4-2-1-3-5-12/h1-7,10-11,13-15,24H,8-9H2,(H2,19,20,21)/t13?,14-,15-/m1/s1. The van der Waals surface area contributed by atoms with Gasteiger partial charge < -0.3 is 15.6 Å². The molecule has 3 N–H and O–H groups in total. The minimum atomic E-state index is -0.262. The van der Waals surface area contributed by atoms with Crippen LogP contribution in [0.15, 0.2) is 49.1 Å². The Hall–Kier alpha value is -2.77. The summed E-state index contributed by atoms with van der Waals surface area (Å²) in [6.07, 6.45) is 7.45. The van der Waals surface area contributed by atoms with E-state index in [-0.39, 0.29) is 24.9 Å². The molecule has 1 aliphatic heterocycles. The smallest absolute Gasteiger partial charge is 0.167 e. The number of aliphatic hydroxyl groups is 1. The van der Waals surface area contributed by atoms with Gasteiger partial charge in [0.05, 0.1) is 19.0 Å². The van der Waals surface area contributed by atoms with Gasteiger partial charge in [0, 0.05) is 12.3 Å². The minimum Gasteiger partial charge on any atom is -0.394 e. The van der Waals surface area contributed by atoms with E-state index in [1.807, 2.05) is 34.9 Å². The van der Waals surface area contributed by atoms with Crippen LogP contribution in [0.25, 0.3) is 17.2 Å². The fraction of sp³-hybridized carbons (Fsp3) is 0.278. The summed E-state index contributed by atoms with van der Waals surface area (Å²) in [7, 11) is 0. The van der Waals surface area contributed by atoms with E-state index in [4.69, 9.17) is 10.5 Å². The Morgan fingerprint density at radius 2 is 2.08 bits per heavy atom. The highest BCUT2D eigenvalue weighted by Crippen LogP contribution is 2.36. The first-order chi connectivity index (χ1) is 12.3. The van der Waals surface area contributed by atoms with Crippen LogP contribution in [0.4, 0.5) is 5.82 Å². The second-order valence-corrected chi connectivity index (χ2v) is 6.06. The van der Waals surface area contributed by atoms with Crippen molar-refractivity contribution in [2.45, 2.75) is 18.8 Å². The molecular weight excluding hydrogens is 318 g/mol. The molecule has 1 aromatic carbocycles. The van der Waals surface area contributed by atoms with Crippen LogP contribution in [-0.2, 0) is 4.74 Å². The summed E-state index contributed by atoms with van der Waals surface area (Å²) in [6.45, 7) is -0.0376. The van der Waals surface area contributed by atoms with Gasteiger partial charge in [-0.1, -0.05) is 42.5 Å². The van der Waals surface area contributed by atoms with Crippen molar-refractivity contribution in [2.24, 2.45) is 5.92 Å². The number of anilines is 1. The Balaban J connectivity index is 1.58.